The van der Waals surface area contributed by atoms with Crippen LogP contribution in [0.5, 0.6) is 0 Å². The minimum absolute atomic E-state index is 0.381. The first kappa shape index (κ1) is 8.50. The van der Waals surface area contributed by atoms with Gasteiger partial charge in [-0.25, -0.2) is 4.98 Å². The molecule has 0 radical (unpaired) electrons. The number of pyridine rings is 1. The molecule has 0 amide bonds. The molecular formula is C10H10N4. The average molecular weight is 186 g/mol. The van der Waals surface area contributed by atoms with Crippen LogP contribution in [-0.4, -0.2) is 15.7 Å². The lowest BCUT2D eigenvalue weighted by molar-refractivity contribution is 1.32. The summed E-state index contributed by atoms with van der Waals surface area (Å²) in [6, 6.07) is 3.77. The Balaban J connectivity index is 2.58. The molecule has 0 fully saturated rings. The van der Waals surface area contributed by atoms with E-state index >= 15 is 0 Å². The van der Waals surface area contributed by atoms with Gasteiger partial charge < -0.3 is 16.1 Å². The van der Waals surface area contributed by atoms with Crippen molar-refractivity contribution in [3.8, 4) is 0 Å². The lowest BCUT2D eigenvalue weighted by atomic mass is 10.1. The van der Waals surface area contributed by atoms with Gasteiger partial charge in [0.1, 0.15) is 5.65 Å². The van der Waals surface area contributed by atoms with Crippen LogP contribution in [0.1, 0.15) is 5.56 Å². The molecule has 2 heterocycles. The Morgan fingerprint density at radius 3 is 3.21 bits per heavy atom. The highest BCUT2D eigenvalue weighted by molar-refractivity contribution is 6.14. The summed E-state index contributed by atoms with van der Waals surface area (Å²) in [4.78, 5) is 7.14. The number of nitrogens with two attached hydrogens (primary N) is 1. The van der Waals surface area contributed by atoms with E-state index < -0.39 is 0 Å². The molecular weight excluding hydrogens is 176 g/mol. The third kappa shape index (κ3) is 1.26. The number of fused-ring (bicyclic) bond motifs is 1. The van der Waals surface area contributed by atoms with E-state index in [4.69, 9.17) is 11.1 Å². The molecule has 0 aliphatic rings. The zero-order chi connectivity index (χ0) is 9.97. The molecule has 4 nitrogen and oxygen atoms in total. The van der Waals surface area contributed by atoms with Crippen molar-refractivity contribution in [2.24, 2.45) is 5.73 Å². The first-order valence-corrected chi connectivity index (χ1v) is 4.22. The number of hydrogen-bond donors (Lipinski definition) is 3. The monoisotopic (exact) mass is 186 g/mol. The summed E-state index contributed by atoms with van der Waals surface area (Å²) in [6.45, 7) is 0. The van der Waals surface area contributed by atoms with Gasteiger partial charge in [-0.2, -0.15) is 0 Å². The second-order valence-electron chi connectivity index (χ2n) is 2.87. The van der Waals surface area contributed by atoms with Crippen molar-refractivity contribution < 1.29 is 0 Å². The first-order chi connectivity index (χ1) is 6.83. The molecule has 0 aliphatic heterocycles. The van der Waals surface area contributed by atoms with Gasteiger partial charge >= 0.3 is 0 Å². The van der Waals surface area contributed by atoms with E-state index in [2.05, 4.69) is 9.97 Å². The van der Waals surface area contributed by atoms with Crippen molar-refractivity contribution in [3.63, 3.8) is 0 Å². The molecule has 2 aromatic heterocycles. The summed E-state index contributed by atoms with van der Waals surface area (Å²) in [5.41, 5.74) is 7.22. The number of nitrogens with one attached hydrogen (secondary N) is 2. The molecule has 4 heteroatoms. The third-order valence-electron chi connectivity index (χ3n) is 2.00. The van der Waals surface area contributed by atoms with E-state index in [1.807, 2.05) is 12.1 Å². The summed E-state index contributed by atoms with van der Waals surface area (Å²) < 4.78 is 0. The van der Waals surface area contributed by atoms with Gasteiger partial charge in [-0.15, -0.1) is 0 Å². The van der Waals surface area contributed by atoms with Crippen molar-refractivity contribution in [2.45, 2.75) is 0 Å². The number of H-pyrrole nitrogens is 1. The van der Waals surface area contributed by atoms with Crippen LogP contribution >= 0.6 is 0 Å². The smallest absolute Gasteiger partial charge is 0.137 e. The van der Waals surface area contributed by atoms with E-state index in [1.54, 1.807) is 18.5 Å². The maximum absolute atomic E-state index is 7.71. The number of rotatable bonds is 2. The van der Waals surface area contributed by atoms with Gasteiger partial charge in [0.05, 0.1) is 5.71 Å². The molecule has 0 unspecified atom stereocenters. The van der Waals surface area contributed by atoms with E-state index in [1.165, 1.54) is 6.20 Å². The van der Waals surface area contributed by atoms with Gasteiger partial charge in [-0.3, -0.25) is 0 Å². The van der Waals surface area contributed by atoms with Crippen molar-refractivity contribution in [3.05, 3.63) is 42.4 Å². The van der Waals surface area contributed by atoms with Gasteiger partial charge in [0, 0.05) is 23.3 Å². The summed E-state index contributed by atoms with van der Waals surface area (Å²) in [5, 5.41) is 8.65. The lowest BCUT2D eigenvalue weighted by Gasteiger charge is -1.94. The number of allylic oxidation sites excluding steroid dienone is 1. The zero-order valence-electron chi connectivity index (χ0n) is 7.49. The standard InChI is InChI=1S/C10H10N4/c11-4-3-9(12)8-6-14-10-7(8)2-1-5-13-10/h1-6,12H,11H2,(H,13,14). The Hall–Kier alpha value is -2.10. The molecule has 14 heavy (non-hydrogen) atoms. The van der Waals surface area contributed by atoms with Crippen LogP contribution in [0.2, 0.25) is 0 Å². The minimum Gasteiger partial charge on any atom is -0.405 e. The lowest BCUT2D eigenvalue weighted by Crippen LogP contribution is -1.94. The Morgan fingerprint density at radius 2 is 2.43 bits per heavy atom. The second kappa shape index (κ2) is 3.33. The number of aromatic nitrogens is 2. The fourth-order valence-corrected chi connectivity index (χ4v) is 1.36. The molecule has 70 valence electrons. The maximum Gasteiger partial charge on any atom is 0.137 e. The Morgan fingerprint density at radius 1 is 1.57 bits per heavy atom. The third-order valence-corrected chi connectivity index (χ3v) is 2.00. The van der Waals surface area contributed by atoms with E-state index in [0.29, 0.717) is 5.71 Å². The van der Waals surface area contributed by atoms with Crippen LogP contribution in [0.25, 0.3) is 11.0 Å². The highest BCUT2D eigenvalue weighted by Gasteiger charge is 2.05. The van der Waals surface area contributed by atoms with Gasteiger partial charge in [-0.1, -0.05) is 0 Å². The Bertz CT molecular complexity index is 496. The van der Waals surface area contributed by atoms with Crippen molar-refractivity contribution in [1.82, 2.24) is 9.97 Å². The van der Waals surface area contributed by atoms with E-state index in [9.17, 15) is 0 Å². The first-order valence-electron chi connectivity index (χ1n) is 4.22. The molecule has 0 saturated heterocycles. The normalized spacial score (nSPS) is 11.1. The summed E-state index contributed by atoms with van der Waals surface area (Å²) >= 11 is 0. The topological polar surface area (TPSA) is 78.5 Å². The van der Waals surface area contributed by atoms with Crippen LogP contribution in [0, 0.1) is 5.41 Å². The number of nitrogens with zero attached hydrogens (tertiary/aromatic N) is 1. The van der Waals surface area contributed by atoms with Crippen molar-refractivity contribution in [1.29, 1.82) is 5.41 Å². The molecule has 0 saturated carbocycles. The SMILES string of the molecule is N=C(C=CN)c1c[nH]c2ncccc12. The van der Waals surface area contributed by atoms with Gasteiger partial charge in [0.2, 0.25) is 0 Å². The molecule has 0 spiro atoms. The molecule has 0 aromatic carbocycles. The van der Waals surface area contributed by atoms with E-state index in [0.717, 1.165) is 16.6 Å². The Kier molecular flexibility index (Phi) is 2.02. The van der Waals surface area contributed by atoms with Crippen molar-refractivity contribution in [2.75, 3.05) is 0 Å². The summed E-state index contributed by atoms with van der Waals surface area (Å²) in [5.74, 6) is 0. The molecule has 4 N–H and O–H groups in total. The van der Waals surface area contributed by atoms with Gasteiger partial charge in [-0.05, 0) is 24.4 Å². The molecule has 0 atom stereocenters. The number of aromatic amines is 1. The fraction of sp³-hybridized carbons (Fsp3) is 0. The largest absolute Gasteiger partial charge is 0.405 e. The maximum atomic E-state index is 7.71. The Labute approximate surface area is 81.0 Å². The molecule has 2 aromatic rings. The van der Waals surface area contributed by atoms with Gasteiger partial charge in [0.25, 0.3) is 0 Å². The fourth-order valence-electron chi connectivity index (χ4n) is 1.36. The highest BCUT2D eigenvalue weighted by Crippen LogP contribution is 2.16. The molecule has 0 aliphatic carbocycles. The van der Waals surface area contributed by atoms with Crippen LogP contribution in [-0.2, 0) is 0 Å². The zero-order valence-corrected chi connectivity index (χ0v) is 7.49. The van der Waals surface area contributed by atoms with Crippen LogP contribution < -0.4 is 5.73 Å². The molecule has 2 rings (SSSR count). The second-order valence-corrected chi connectivity index (χ2v) is 2.87. The van der Waals surface area contributed by atoms with Crippen molar-refractivity contribution >= 4 is 16.7 Å². The number of hydrogen-bond acceptors (Lipinski definition) is 3. The summed E-state index contributed by atoms with van der Waals surface area (Å²) in [7, 11) is 0. The van der Waals surface area contributed by atoms with E-state index in [-0.39, 0.29) is 0 Å². The van der Waals surface area contributed by atoms with Crippen LogP contribution in [0.3, 0.4) is 0 Å². The summed E-state index contributed by atoms with van der Waals surface area (Å²) in [6.07, 6.45) is 6.39. The minimum atomic E-state index is 0.381. The van der Waals surface area contributed by atoms with Gasteiger partial charge in [0.15, 0.2) is 0 Å². The predicted octanol–water partition coefficient (Wildman–Crippen LogP) is 1.40. The molecule has 0 bridgehead atoms. The van der Waals surface area contributed by atoms with Crippen LogP contribution in [0.15, 0.2) is 36.8 Å². The highest BCUT2D eigenvalue weighted by atomic mass is 14.8. The quantitative estimate of drug-likeness (QED) is 0.620. The predicted molar refractivity (Wildman–Crippen MR) is 56.2 cm³/mol. The average Bonchev–Trinajstić information content (AvgIpc) is 2.61. The van der Waals surface area contributed by atoms with Crippen LogP contribution in [0.4, 0.5) is 0 Å².